The summed E-state index contributed by atoms with van der Waals surface area (Å²) in [4.78, 5) is 19.4. The highest BCUT2D eigenvalue weighted by Crippen LogP contribution is 2.28. The predicted molar refractivity (Wildman–Crippen MR) is 103 cm³/mol. The molecule has 1 aromatic heterocycles. The lowest BCUT2D eigenvalue weighted by atomic mass is 9.90. The molecule has 0 bridgehead atoms. The Hall–Kier alpha value is -3.14. The fraction of sp³-hybridized carbons (Fsp3) is 0.182. The van der Waals surface area contributed by atoms with E-state index in [0.29, 0.717) is 6.42 Å². The van der Waals surface area contributed by atoms with Crippen LogP contribution < -0.4 is 0 Å². The predicted octanol–water partition coefficient (Wildman–Crippen LogP) is 4.83. The summed E-state index contributed by atoms with van der Waals surface area (Å²) >= 11 is 0. The van der Waals surface area contributed by atoms with Crippen LogP contribution in [-0.4, -0.2) is 21.0 Å². The Bertz CT molecular complexity index is 1100. The van der Waals surface area contributed by atoms with Gasteiger partial charge in [-0.3, -0.25) is 4.79 Å². The number of carboxylic acid groups (broad SMARTS) is 1. The van der Waals surface area contributed by atoms with Crippen LogP contribution in [0.25, 0.3) is 21.8 Å². The van der Waals surface area contributed by atoms with E-state index in [0.717, 1.165) is 38.8 Å². The van der Waals surface area contributed by atoms with Crippen molar-refractivity contribution in [3.8, 4) is 0 Å². The number of carbonyl (C=O) groups is 1. The Kier molecular flexibility index (Phi) is 4.17. The van der Waals surface area contributed by atoms with Crippen molar-refractivity contribution < 1.29 is 9.90 Å². The lowest BCUT2D eigenvalue weighted by Gasteiger charge is -2.15. The van der Waals surface area contributed by atoms with Crippen molar-refractivity contribution >= 4 is 27.8 Å². The first-order chi connectivity index (χ1) is 12.6. The van der Waals surface area contributed by atoms with E-state index >= 15 is 0 Å². The van der Waals surface area contributed by atoms with Crippen LogP contribution in [0.15, 0.2) is 60.7 Å². The van der Waals surface area contributed by atoms with Crippen molar-refractivity contribution in [1.29, 1.82) is 0 Å². The van der Waals surface area contributed by atoms with E-state index in [1.807, 2.05) is 43.3 Å². The van der Waals surface area contributed by atoms with E-state index in [4.69, 9.17) is 0 Å². The lowest BCUT2D eigenvalue weighted by molar-refractivity contribution is -0.137. The molecular weight excluding hydrogens is 324 g/mol. The monoisotopic (exact) mass is 344 g/mol. The summed E-state index contributed by atoms with van der Waals surface area (Å²) in [5.74, 6) is -0.0983. The molecule has 0 fully saturated rings. The number of imidazole rings is 1. The van der Waals surface area contributed by atoms with Crippen LogP contribution in [0.5, 0.6) is 0 Å². The van der Waals surface area contributed by atoms with Gasteiger partial charge in [0.25, 0.3) is 0 Å². The second-order valence-electron chi connectivity index (χ2n) is 6.81. The third-order valence-electron chi connectivity index (χ3n) is 4.79. The number of benzene rings is 3. The molecule has 1 atom stereocenters. The molecule has 0 saturated carbocycles. The number of hydrogen-bond acceptors (Lipinski definition) is 2. The highest BCUT2D eigenvalue weighted by atomic mass is 16.4. The van der Waals surface area contributed by atoms with Crippen LogP contribution in [-0.2, 0) is 11.2 Å². The van der Waals surface area contributed by atoms with E-state index in [9.17, 15) is 9.90 Å². The number of aromatic nitrogens is 2. The highest BCUT2D eigenvalue weighted by molar-refractivity contribution is 5.83. The van der Waals surface area contributed by atoms with Gasteiger partial charge in [0.1, 0.15) is 5.82 Å². The first-order valence-electron chi connectivity index (χ1n) is 8.74. The van der Waals surface area contributed by atoms with Gasteiger partial charge in [-0.05, 0) is 41.0 Å². The van der Waals surface area contributed by atoms with Gasteiger partial charge in [-0.15, -0.1) is 0 Å². The van der Waals surface area contributed by atoms with E-state index in [1.54, 1.807) is 0 Å². The van der Waals surface area contributed by atoms with Gasteiger partial charge >= 0.3 is 5.97 Å². The molecule has 0 amide bonds. The molecule has 0 saturated heterocycles. The third-order valence-corrected chi connectivity index (χ3v) is 4.79. The average Bonchev–Trinajstić information content (AvgIpc) is 3.01. The highest BCUT2D eigenvalue weighted by Gasteiger charge is 2.18. The molecule has 4 aromatic rings. The van der Waals surface area contributed by atoms with Crippen LogP contribution in [0, 0.1) is 6.92 Å². The Morgan fingerprint density at radius 3 is 2.69 bits per heavy atom. The van der Waals surface area contributed by atoms with Crippen LogP contribution in [0.2, 0.25) is 0 Å². The number of aliphatic carboxylic acids is 1. The molecule has 130 valence electrons. The maximum atomic E-state index is 11.4. The Morgan fingerprint density at radius 2 is 1.88 bits per heavy atom. The molecule has 0 spiro atoms. The number of nitrogens with one attached hydrogen (secondary N) is 1. The zero-order chi connectivity index (χ0) is 18.1. The van der Waals surface area contributed by atoms with E-state index in [-0.39, 0.29) is 12.3 Å². The van der Waals surface area contributed by atoms with Crippen LogP contribution >= 0.6 is 0 Å². The summed E-state index contributed by atoms with van der Waals surface area (Å²) in [6.45, 7) is 2.04. The molecule has 1 unspecified atom stereocenters. The number of fused-ring (bicyclic) bond motifs is 2. The summed E-state index contributed by atoms with van der Waals surface area (Å²) in [7, 11) is 0. The first kappa shape index (κ1) is 16.3. The van der Waals surface area contributed by atoms with Gasteiger partial charge in [0, 0.05) is 12.3 Å². The minimum atomic E-state index is -0.796. The number of carboxylic acids is 1. The minimum absolute atomic E-state index is 0.0778. The molecule has 0 aliphatic rings. The smallest absolute Gasteiger partial charge is 0.303 e. The van der Waals surface area contributed by atoms with Gasteiger partial charge in [0.2, 0.25) is 0 Å². The molecule has 3 aromatic carbocycles. The molecule has 2 N–H and O–H groups in total. The van der Waals surface area contributed by atoms with Crippen molar-refractivity contribution in [2.24, 2.45) is 0 Å². The standard InChI is InChI=1S/C22H20N2O2/c1-14-6-9-19-20(10-14)24-21(23-19)12-18(13-22(25)26)17-8-7-15-4-2-3-5-16(15)11-17/h2-11,18H,12-13H2,1H3,(H,23,24)(H,25,26). The molecule has 0 radical (unpaired) electrons. The zero-order valence-corrected chi connectivity index (χ0v) is 14.6. The van der Waals surface area contributed by atoms with E-state index in [1.165, 1.54) is 0 Å². The van der Waals surface area contributed by atoms with Gasteiger partial charge in [0.15, 0.2) is 0 Å². The van der Waals surface area contributed by atoms with Gasteiger partial charge in [0.05, 0.1) is 17.5 Å². The summed E-state index contributed by atoms with van der Waals surface area (Å²) in [6.07, 6.45) is 0.646. The van der Waals surface area contributed by atoms with E-state index in [2.05, 4.69) is 34.2 Å². The molecule has 4 rings (SSSR count). The molecular formula is C22H20N2O2. The molecule has 26 heavy (non-hydrogen) atoms. The SMILES string of the molecule is Cc1ccc2[nH]c(CC(CC(=O)O)c3ccc4ccccc4c3)nc2c1. The minimum Gasteiger partial charge on any atom is -0.481 e. The fourth-order valence-electron chi connectivity index (χ4n) is 3.48. The Labute approximate surface area is 151 Å². The van der Waals surface area contributed by atoms with Crippen molar-refractivity contribution in [2.45, 2.75) is 25.7 Å². The normalized spacial score (nSPS) is 12.5. The number of hydrogen-bond donors (Lipinski definition) is 2. The number of nitrogens with zero attached hydrogens (tertiary/aromatic N) is 1. The van der Waals surface area contributed by atoms with Crippen molar-refractivity contribution in [3.63, 3.8) is 0 Å². The largest absolute Gasteiger partial charge is 0.481 e. The maximum absolute atomic E-state index is 11.4. The number of rotatable bonds is 5. The molecule has 0 aliphatic carbocycles. The summed E-state index contributed by atoms with van der Waals surface area (Å²) in [5, 5.41) is 11.7. The summed E-state index contributed by atoms with van der Waals surface area (Å²) < 4.78 is 0. The molecule has 0 aliphatic heterocycles. The Balaban J connectivity index is 1.69. The summed E-state index contributed by atoms with van der Waals surface area (Å²) in [6, 6.07) is 20.4. The van der Waals surface area contributed by atoms with Gasteiger partial charge < -0.3 is 10.1 Å². The van der Waals surface area contributed by atoms with Crippen LogP contribution in [0.1, 0.15) is 29.3 Å². The Morgan fingerprint density at radius 1 is 1.08 bits per heavy atom. The number of aryl methyl sites for hydroxylation is 1. The van der Waals surface area contributed by atoms with Crippen LogP contribution in [0.4, 0.5) is 0 Å². The molecule has 4 nitrogen and oxygen atoms in total. The fourth-order valence-corrected chi connectivity index (χ4v) is 3.48. The van der Waals surface area contributed by atoms with Gasteiger partial charge in [-0.2, -0.15) is 0 Å². The van der Waals surface area contributed by atoms with Gasteiger partial charge in [-0.1, -0.05) is 48.5 Å². The quantitative estimate of drug-likeness (QED) is 0.545. The zero-order valence-electron chi connectivity index (χ0n) is 14.6. The molecule has 1 heterocycles. The summed E-state index contributed by atoms with van der Waals surface area (Å²) in [5.41, 5.74) is 4.10. The third kappa shape index (κ3) is 3.31. The first-order valence-corrected chi connectivity index (χ1v) is 8.74. The topological polar surface area (TPSA) is 66.0 Å². The van der Waals surface area contributed by atoms with Crippen molar-refractivity contribution in [1.82, 2.24) is 9.97 Å². The lowest BCUT2D eigenvalue weighted by Crippen LogP contribution is -2.10. The van der Waals surface area contributed by atoms with Gasteiger partial charge in [-0.25, -0.2) is 4.98 Å². The maximum Gasteiger partial charge on any atom is 0.303 e. The number of aromatic amines is 1. The van der Waals surface area contributed by atoms with Crippen molar-refractivity contribution in [2.75, 3.05) is 0 Å². The van der Waals surface area contributed by atoms with E-state index < -0.39 is 5.97 Å². The second-order valence-corrected chi connectivity index (χ2v) is 6.81. The van der Waals surface area contributed by atoms with Crippen LogP contribution in [0.3, 0.4) is 0 Å². The molecule has 4 heteroatoms. The second kappa shape index (κ2) is 6.64. The average molecular weight is 344 g/mol. The van der Waals surface area contributed by atoms with Crippen molar-refractivity contribution in [3.05, 3.63) is 77.6 Å². The number of H-pyrrole nitrogens is 1.